The lowest BCUT2D eigenvalue weighted by atomic mass is 10.1. The van der Waals surface area contributed by atoms with E-state index in [0.717, 1.165) is 37.0 Å². The Bertz CT molecular complexity index is 805. The molecule has 0 radical (unpaired) electrons. The van der Waals surface area contributed by atoms with E-state index in [9.17, 15) is 9.59 Å². The first-order valence-corrected chi connectivity index (χ1v) is 9.39. The van der Waals surface area contributed by atoms with Gasteiger partial charge in [-0.2, -0.15) is 0 Å². The largest absolute Gasteiger partial charge is 0.401 e. The van der Waals surface area contributed by atoms with Crippen LogP contribution < -0.4 is 4.57 Å². The molecule has 0 aromatic carbocycles. The van der Waals surface area contributed by atoms with Crippen molar-refractivity contribution in [2.45, 2.75) is 39.2 Å². The lowest BCUT2D eigenvalue weighted by molar-refractivity contribution is -0.663. The number of imidazole rings is 1. The summed E-state index contributed by atoms with van der Waals surface area (Å²) in [6.45, 7) is 7.31. The third kappa shape index (κ3) is 2.39. The van der Waals surface area contributed by atoms with Crippen molar-refractivity contribution in [1.82, 2.24) is 19.3 Å². The molecule has 1 aromatic heterocycles. The standard InChI is InChI=1S/C18H27N6O2/c1-12-13(2)24-14-15(19-17(24)20(12)3)21(4)18(26)23(16(14)25)11-10-22-8-6-5-7-9-22/h14H,5-11H2,1-4H3/q+1. The Morgan fingerprint density at radius 1 is 1.12 bits per heavy atom. The number of imide groups is 1. The molecule has 3 aliphatic heterocycles. The molecule has 8 heteroatoms. The van der Waals surface area contributed by atoms with Gasteiger partial charge in [0.25, 0.3) is 5.91 Å². The zero-order valence-corrected chi connectivity index (χ0v) is 16.0. The number of amidine groups is 1. The van der Waals surface area contributed by atoms with Gasteiger partial charge in [0.05, 0.1) is 7.05 Å². The highest BCUT2D eigenvalue weighted by Gasteiger charge is 2.53. The zero-order chi connectivity index (χ0) is 18.6. The highest BCUT2D eigenvalue weighted by atomic mass is 16.2. The van der Waals surface area contributed by atoms with Crippen molar-refractivity contribution < 1.29 is 14.2 Å². The second-order valence-electron chi connectivity index (χ2n) is 7.51. The van der Waals surface area contributed by atoms with E-state index in [1.54, 1.807) is 7.05 Å². The maximum Gasteiger partial charge on any atom is 0.401 e. The molecule has 140 valence electrons. The summed E-state index contributed by atoms with van der Waals surface area (Å²) in [6.07, 6.45) is 3.67. The number of amides is 3. The molecule has 0 saturated carbocycles. The number of aromatic nitrogens is 2. The van der Waals surface area contributed by atoms with E-state index in [1.165, 1.54) is 29.1 Å². The second-order valence-corrected chi connectivity index (χ2v) is 7.51. The van der Waals surface area contributed by atoms with Crippen LogP contribution >= 0.6 is 0 Å². The fourth-order valence-electron chi connectivity index (χ4n) is 4.23. The summed E-state index contributed by atoms with van der Waals surface area (Å²) in [6, 6.07) is -0.807. The lowest BCUT2D eigenvalue weighted by Crippen LogP contribution is -2.59. The van der Waals surface area contributed by atoms with E-state index in [0.29, 0.717) is 12.4 Å². The molecule has 4 rings (SSSR count). The van der Waals surface area contributed by atoms with E-state index in [-0.39, 0.29) is 11.9 Å². The molecule has 0 bridgehead atoms. The van der Waals surface area contributed by atoms with Gasteiger partial charge < -0.3 is 4.90 Å². The van der Waals surface area contributed by atoms with E-state index in [2.05, 4.69) is 9.89 Å². The highest BCUT2D eigenvalue weighted by Crippen LogP contribution is 2.34. The van der Waals surface area contributed by atoms with Crippen LogP contribution in [0.1, 0.15) is 36.7 Å². The Balaban J connectivity index is 1.61. The highest BCUT2D eigenvalue weighted by molar-refractivity contribution is 6.20. The number of likely N-dealkylation sites (N-methyl/N-ethyl adjacent to an activating group) is 1. The Hall–Kier alpha value is -2.22. The third-order valence-corrected chi connectivity index (χ3v) is 6.07. The number of likely N-dealkylation sites (tertiary alicyclic amines) is 1. The molecule has 4 heterocycles. The van der Waals surface area contributed by atoms with Gasteiger partial charge in [0.2, 0.25) is 11.9 Å². The number of aliphatic imine (C=N–C) groups is 1. The summed E-state index contributed by atoms with van der Waals surface area (Å²) in [4.78, 5) is 35.9. The average Bonchev–Trinajstić information content (AvgIpc) is 3.14. The minimum absolute atomic E-state index is 0.165. The van der Waals surface area contributed by atoms with Crippen LogP contribution in [0.2, 0.25) is 0 Å². The van der Waals surface area contributed by atoms with Gasteiger partial charge >= 0.3 is 12.0 Å². The maximum atomic E-state index is 13.2. The number of fused-ring (bicyclic) bond motifs is 3. The van der Waals surface area contributed by atoms with Crippen LogP contribution in [0.15, 0.2) is 4.99 Å². The number of carbonyl (C=O) groups excluding carboxylic acids is 2. The third-order valence-electron chi connectivity index (χ3n) is 6.07. The van der Waals surface area contributed by atoms with Gasteiger partial charge in [0, 0.05) is 20.1 Å². The second kappa shape index (κ2) is 6.19. The maximum absolute atomic E-state index is 13.2. The number of piperidine rings is 1. The minimum Gasteiger partial charge on any atom is -0.302 e. The minimum atomic E-state index is -0.533. The summed E-state index contributed by atoms with van der Waals surface area (Å²) >= 11 is 0. The van der Waals surface area contributed by atoms with Crippen molar-refractivity contribution in [3.05, 3.63) is 11.4 Å². The first kappa shape index (κ1) is 17.2. The smallest absolute Gasteiger partial charge is 0.302 e. The van der Waals surface area contributed by atoms with Gasteiger partial charge in [-0.05, 0) is 39.8 Å². The van der Waals surface area contributed by atoms with Crippen LogP contribution in [-0.2, 0) is 11.8 Å². The number of urea groups is 1. The fraction of sp³-hybridized carbons (Fsp3) is 0.667. The van der Waals surface area contributed by atoms with E-state index >= 15 is 0 Å². The molecule has 0 aliphatic carbocycles. The Kier molecular flexibility index (Phi) is 4.10. The normalized spacial score (nSPS) is 23.4. The zero-order valence-electron chi connectivity index (χ0n) is 16.0. The van der Waals surface area contributed by atoms with Crippen LogP contribution in [0.4, 0.5) is 10.7 Å². The van der Waals surface area contributed by atoms with E-state index < -0.39 is 6.04 Å². The topological polar surface area (TPSA) is 65.0 Å². The summed E-state index contributed by atoms with van der Waals surface area (Å²) in [5.41, 5.74) is 2.09. The van der Waals surface area contributed by atoms with Crippen LogP contribution in [-0.4, -0.2) is 70.3 Å². The predicted octanol–water partition coefficient (Wildman–Crippen LogP) is 0.894. The Labute approximate surface area is 153 Å². The first-order valence-electron chi connectivity index (χ1n) is 9.39. The molecule has 1 atom stereocenters. The summed E-state index contributed by atoms with van der Waals surface area (Å²) in [7, 11) is 3.65. The van der Waals surface area contributed by atoms with Crippen molar-refractivity contribution in [3.63, 3.8) is 0 Å². The van der Waals surface area contributed by atoms with Crippen LogP contribution in [0.3, 0.4) is 0 Å². The summed E-state index contributed by atoms with van der Waals surface area (Å²) in [5.74, 6) is 1.09. The number of nitrogens with zero attached hydrogens (tertiary/aromatic N) is 6. The fourth-order valence-corrected chi connectivity index (χ4v) is 4.23. The number of hydrogen-bond acceptors (Lipinski definition) is 4. The Morgan fingerprint density at radius 2 is 1.81 bits per heavy atom. The summed E-state index contributed by atoms with van der Waals surface area (Å²) in [5, 5.41) is 0. The SMILES string of the molecule is Cc1c(C)[n+](C)c2n1C1C(=O)N(CCN3CCCCC3)C(=O)N(C)C1=N2. The molecule has 8 nitrogen and oxygen atoms in total. The molecule has 0 spiro atoms. The molecular weight excluding hydrogens is 332 g/mol. The van der Waals surface area contributed by atoms with Crippen molar-refractivity contribution in [2.75, 3.05) is 33.2 Å². The number of rotatable bonds is 3. The van der Waals surface area contributed by atoms with Gasteiger partial charge in [0.15, 0.2) is 0 Å². The number of carbonyl (C=O) groups is 2. The Morgan fingerprint density at radius 3 is 2.50 bits per heavy atom. The first-order chi connectivity index (χ1) is 12.4. The van der Waals surface area contributed by atoms with Gasteiger partial charge in [-0.15, -0.1) is 0 Å². The molecular formula is C18H27N6O2+. The molecule has 26 heavy (non-hydrogen) atoms. The quantitative estimate of drug-likeness (QED) is 0.753. The molecule has 3 aliphatic rings. The van der Waals surface area contributed by atoms with E-state index in [4.69, 9.17) is 0 Å². The molecule has 1 aromatic rings. The van der Waals surface area contributed by atoms with Crippen LogP contribution in [0.5, 0.6) is 0 Å². The van der Waals surface area contributed by atoms with Crippen molar-refractivity contribution in [3.8, 4) is 0 Å². The monoisotopic (exact) mass is 359 g/mol. The summed E-state index contributed by atoms with van der Waals surface area (Å²) < 4.78 is 3.94. The molecule has 2 saturated heterocycles. The van der Waals surface area contributed by atoms with Gasteiger partial charge in [-0.1, -0.05) is 11.4 Å². The van der Waals surface area contributed by atoms with Crippen molar-refractivity contribution in [1.29, 1.82) is 0 Å². The van der Waals surface area contributed by atoms with E-state index in [1.807, 2.05) is 30.0 Å². The average molecular weight is 359 g/mol. The molecule has 2 fully saturated rings. The molecule has 3 amide bonds. The number of hydrogen-bond donors (Lipinski definition) is 0. The van der Waals surface area contributed by atoms with Crippen molar-refractivity contribution >= 4 is 23.7 Å². The van der Waals surface area contributed by atoms with Crippen LogP contribution in [0, 0.1) is 13.8 Å². The van der Waals surface area contributed by atoms with Crippen molar-refractivity contribution in [2.24, 2.45) is 12.0 Å². The van der Waals surface area contributed by atoms with Crippen LogP contribution in [0.25, 0.3) is 0 Å². The van der Waals surface area contributed by atoms with Gasteiger partial charge in [-0.25, -0.2) is 13.9 Å². The van der Waals surface area contributed by atoms with Gasteiger partial charge in [-0.3, -0.25) is 14.6 Å². The lowest BCUT2D eigenvalue weighted by Gasteiger charge is -2.35. The molecule has 0 N–H and O–H groups in total. The predicted molar refractivity (Wildman–Crippen MR) is 96.4 cm³/mol. The molecule has 1 unspecified atom stereocenters. The van der Waals surface area contributed by atoms with Gasteiger partial charge in [0.1, 0.15) is 11.4 Å².